The lowest BCUT2D eigenvalue weighted by Gasteiger charge is -2.45. The van der Waals surface area contributed by atoms with Gasteiger partial charge in [-0.15, -0.1) is 0 Å². The second kappa shape index (κ2) is 11.0. The zero-order chi connectivity index (χ0) is 29.6. The molecule has 0 radical (unpaired) electrons. The van der Waals surface area contributed by atoms with Crippen molar-refractivity contribution in [1.82, 2.24) is 14.8 Å². The molecule has 9 heteroatoms. The van der Waals surface area contributed by atoms with Crippen molar-refractivity contribution in [3.05, 3.63) is 59.3 Å². The lowest BCUT2D eigenvalue weighted by Crippen LogP contribution is -2.58. The quantitative estimate of drug-likeness (QED) is 0.430. The van der Waals surface area contributed by atoms with Gasteiger partial charge in [0.05, 0.1) is 17.1 Å². The Hall–Kier alpha value is -4.03. The molecule has 0 spiro atoms. The molecule has 1 aromatic heterocycles. The van der Waals surface area contributed by atoms with Crippen molar-refractivity contribution in [1.29, 1.82) is 5.26 Å². The number of ether oxygens (including phenoxy) is 2. The van der Waals surface area contributed by atoms with E-state index in [2.05, 4.69) is 63.9 Å². The molecule has 2 fully saturated rings. The van der Waals surface area contributed by atoms with Gasteiger partial charge in [0.15, 0.2) is 0 Å². The zero-order valence-electron chi connectivity index (χ0n) is 25.3. The van der Waals surface area contributed by atoms with Gasteiger partial charge in [-0.3, -0.25) is 9.88 Å². The number of nitriles is 1. The minimum absolute atomic E-state index is 0.226. The Morgan fingerprint density at radius 1 is 1.05 bits per heavy atom. The first kappa shape index (κ1) is 28.1. The van der Waals surface area contributed by atoms with E-state index in [1.165, 1.54) is 11.3 Å². The van der Waals surface area contributed by atoms with Crippen LogP contribution in [-0.4, -0.2) is 84.4 Å². The first-order chi connectivity index (χ1) is 20.1. The predicted molar refractivity (Wildman–Crippen MR) is 164 cm³/mol. The third-order valence-electron chi connectivity index (χ3n) is 8.66. The van der Waals surface area contributed by atoms with Crippen molar-refractivity contribution in [2.24, 2.45) is 0 Å². The Kier molecular flexibility index (Phi) is 7.36. The minimum Gasteiger partial charge on any atom is -0.491 e. The van der Waals surface area contributed by atoms with Gasteiger partial charge in [0, 0.05) is 85.9 Å². The third-order valence-corrected chi connectivity index (χ3v) is 8.66. The molecule has 0 aliphatic carbocycles. The molecular formula is C33H40N6O3. The first-order valence-electron chi connectivity index (χ1n) is 14.9. The Morgan fingerprint density at radius 2 is 1.81 bits per heavy atom. The predicted octanol–water partition coefficient (Wildman–Crippen LogP) is 4.94. The molecule has 0 unspecified atom stereocenters. The number of carbonyl (C=O) groups is 1. The zero-order valence-corrected chi connectivity index (χ0v) is 25.3. The fourth-order valence-electron chi connectivity index (χ4n) is 6.61. The highest BCUT2D eigenvalue weighted by molar-refractivity contribution is 5.95. The molecule has 2 aromatic carbocycles. The van der Waals surface area contributed by atoms with Crippen LogP contribution in [0.3, 0.4) is 0 Å². The van der Waals surface area contributed by atoms with Crippen LogP contribution in [0.25, 0.3) is 10.9 Å². The number of amides is 1. The maximum absolute atomic E-state index is 12.6. The number of fused-ring (bicyclic) bond motifs is 3. The molecule has 9 nitrogen and oxygen atoms in total. The molecular weight excluding hydrogens is 528 g/mol. The Morgan fingerprint density at radius 3 is 2.55 bits per heavy atom. The van der Waals surface area contributed by atoms with Crippen LogP contribution < -0.4 is 14.5 Å². The third kappa shape index (κ3) is 5.32. The van der Waals surface area contributed by atoms with E-state index in [0.29, 0.717) is 31.3 Å². The van der Waals surface area contributed by atoms with Crippen molar-refractivity contribution in [2.75, 3.05) is 55.7 Å². The van der Waals surface area contributed by atoms with Crippen molar-refractivity contribution in [3.63, 3.8) is 0 Å². The fraction of sp³-hybridized carbons (Fsp3) is 0.485. The molecule has 1 amide bonds. The van der Waals surface area contributed by atoms with Crippen molar-refractivity contribution in [3.8, 4) is 11.8 Å². The van der Waals surface area contributed by atoms with Crippen LogP contribution in [0.15, 0.2) is 42.6 Å². The van der Waals surface area contributed by atoms with E-state index < -0.39 is 5.60 Å². The molecule has 3 aliphatic heterocycles. The van der Waals surface area contributed by atoms with E-state index in [9.17, 15) is 10.1 Å². The number of nitrogens with zero attached hydrogens (tertiary/aromatic N) is 6. The van der Waals surface area contributed by atoms with Crippen molar-refractivity contribution in [2.45, 2.75) is 58.8 Å². The lowest BCUT2D eigenvalue weighted by molar-refractivity contribution is 0.0240. The van der Waals surface area contributed by atoms with Crippen molar-refractivity contribution < 1.29 is 14.3 Å². The summed E-state index contributed by atoms with van der Waals surface area (Å²) in [5.74, 6) is 0.989. The molecule has 2 atom stereocenters. The second-order valence-electron chi connectivity index (χ2n) is 12.7. The highest BCUT2D eigenvalue weighted by Crippen LogP contribution is 2.38. The van der Waals surface area contributed by atoms with E-state index in [0.717, 1.165) is 60.6 Å². The molecule has 6 rings (SSSR count). The molecule has 3 aromatic rings. The van der Waals surface area contributed by atoms with E-state index in [4.69, 9.17) is 9.47 Å². The molecule has 0 saturated carbocycles. The highest BCUT2D eigenvalue weighted by atomic mass is 16.6. The number of anilines is 2. The van der Waals surface area contributed by atoms with Gasteiger partial charge in [-0.25, -0.2) is 4.79 Å². The summed E-state index contributed by atoms with van der Waals surface area (Å²) in [6.45, 7) is 16.1. The number of hydrogen-bond donors (Lipinski definition) is 0. The average molecular weight is 569 g/mol. The lowest BCUT2D eigenvalue weighted by atomic mass is 10.0. The monoisotopic (exact) mass is 568 g/mol. The molecule has 0 bridgehead atoms. The smallest absolute Gasteiger partial charge is 0.410 e. The number of aromatic nitrogens is 1. The topological polar surface area (TPSA) is 85.2 Å². The van der Waals surface area contributed by atoms with Gasteiger partial charge in [-0.2, -0.15) is 5.26 Å². The van der Waals surface area contributed by atoms with Gasteiger partial charge < -0.3 is 24.2 Å². The summed E-state index contributed by atoms with van der Waals surface area (Å²) in [6.07, 6.45) is 1.51. The maximum atomic E-state index is 12.6. The summed E-state index contributed by atoms with van der Waals surface area (Å²) in [6, 6.07) is 15.2. The SMILES string of the molecule is Cc1c(N2CCN(C(=O)OC(C)(C)C)CC2)ccc2c1OC[C@@H]1CN(c3ccc(C#N)c4ncccc34)C[C@H](C)N1C2. The Labute approximate surface area is 248 Å². The number of piperazine rings is 2. The van der Waals surface area contributed by atoms with Gasteiger partial charge in [0.1, 0.15) is 24.0 Å². The van der Waals surface area contributed by atoms with Crippen LogP contribution in [0.4, 0.5) is 16.2 Å². The summed E-state index contributed by atoms with van der Waals surface area (Å²) >= 11 is 0. The fourth-order valence-corrected chi connectivity index (χ4v) is 6.61. The minimum atomic E-state index is -0.492. The van der Waals surface area contributed by atoms with E-state index in [1.807, 2.05) is 32.9 Å². The Balaban J connectivity index is 1.18. The first-order valence-corrected chi connectivity index (χ1v) is 14.9. The normalized spacial score (nSPS) is 21.2. The summed E-state index contributed by atoms with van der Waals surface area (Å²) in [5, 5.41) is 10.6. The van der Waals surface area contributed by atoms with Crippen LogP contribution in [0, 0.1) is 18.3 Å². The molecule has 4 heterocycles. The van der Waals surface area contributed by atoms with Gasteiger partial charge in [-0.1, -0.05) is 6.07 Å². The number of carbonyl (C=O) groups excluding carboxylic acids is 1. The van der Waals surface area contributed by atoms with Gasteiger partial charge in [0.25, 0.3) is 0 Å². The maximum Gasteiger partial charge on any atom is 0.410 e. The molecule has 3 aliphatic rings. The molecule has 220 valence electrons. The second-order valence-corrected chi connectivity index (χ2v) is 12.7. The largest absolute Gasteiger partial charge is 0.491 e. The van der Waals surface area contributed by atoms with Crippen LogP contribution >= 0.6 is 0 Å². The number of pyridine rings is 1. The number of hydrogen-bond acceptors (Lipinski definition) is 8. The molecule has 2 saturated heterocycles. The van der Waals surface area contributed by atoms with Crippen LogP contribution in [0.1, 0.15) is 44.4 Å². The summed E-state index contributed by atoms with van der Waals surface area (Å²) < 4.78 is 12.2. The van der Waals surface area contributed by atoms with Crippen LogP contribution in [-0.2, 0) is 11.3 Å². The van der Waals surface area contributed by atoms with Gasteiger partial charge in [-0.05, 0) is 65.0 Å². The molecule has 42 heavy (non-hydrogen) atoms. The van der Waals surface area contributed by atoms with Crippen molar-refractivity contribution >= 4 is 28.4 Å². The summed E-state index contributed by atoms with van der Waals surface area (Å²) in [7, 11) is 0. The van der Waals surface area contributed by atoms with Crippen LogP contribution in [0.2, 0.25) is 0 Å². The standard InChI is InChI=1S/C33H40N6O3/c1-22-18-38(29-11-8-24(17-34)30-27(29)7-6-12-35-30)20-26-21-41-31-23(2)28(10-9-25(31)19-39(22)26)36-13-15-37(16-14-36)32(40)42-33(3,4)5/h6-12,22,26H,13-16,18-21H2,1-5H3/t22-,26-/m0/s1. The summed E-state index contributed by atoms with van der Waals surface area (Å²) in [5.41, 5.74) is 5.54. The van der Waals surface area contributed by atoms with E-state index >= 15 is 0 Å². The Bertz CT molecular complexity index is 1540. The van der Waals surface area contributed by atoms with Crippen LogP contribution in [0.5, 0.6) is 5.75 Å². The number of benzene rings is 2. The average Bonchev–Trinajstić information content (AvgIpc) is 3.16. The highest BCUT2D eigenvalue weighted by Gasteiger charge is 2.36. The summed E-state index contributed by atoms with van der Waals surface area (Å²) in [4.78, 5) is 26.2. The molecule has 0 N–H and O–H groups in total. The number of rotatable bonds is 2. The van der Waals surface area contributed by atoms with Gasteiger partial charge >= 0.3 is 6.09 Å². The van der Waals surface area contributed by atoms with E-state index in [1.54, 1.807) is 11.1 Å². The van der Waals surface area contributed by atoms with E-state index in [-0.39, 0.29) is 12.1 Å². The van der Waals surface area contributed by atoms with Gasteiger partial charge in [0.2, 0.25) is 0 Å².